The van der Waals surface area contributed by atoms with Crippen molar-refractivity contribution in [3.63, 3.8) is 0 Å². The van der Waals surface area contributed by atoms with Gasteiger partial charge in [-0.15, -0.1) is 0 Å². The summed E-state index contributed by atoms with van der Waals surface area (Å²) in [6, 6.07) is 5.09. The average Bonchev–Trinajstić information content (AvgIpc) is 2.42. The standard InChI is InChI=1S/C14H21N3O2/c1-2-15-14-7-6-13(17(18)19)10-12(14)11-16-8-4-3-5-9-16/h6-7,10,15H,2-5,8-9,11H2,1H3. The van der Waals surface area contributed by atoms with E-state index < -0.39 is 0 Å². The summed E-state index contributed by atoms with van der Waals surface area (Å²) in [4.78, 5) is 12.9. The second-order valence-electron chi connectivity index (χ2n) is 4.97. The van der Waals surface area contributed by atoms with E-state index >= 15 is 0 Å². The second-order valence-corrected chi connectivity index (χ2v) is 4.97. The van der Waals surface area contributed by atoms with E-state index in [-0.39, 0.29) is 10.6 Å². The lowest BCUT2D eigenvalue weighted by Crippen LogP contribution is -2.29. The van der Waals surface area contributed by atoms with E-state index in [9.17, 15) is 10.1 Å². The smallest absolute Gasteiger partial charge is 0.269 e. The zero-order valence-corrected chi connectivity index (χ0v) is 11.4. The summed E-state index contributed by atoms with van der Waals surface area (Å²) >= 11 is 0. The number of likely N-dealkylation sites (tertiary alicyclic amines) is 1. The number of anilines is 1. The third-order valence-electron chi connectivity index (χ3n) is 3.51. The Morgan fingerprint density at radius 1 is 1.32 bits per heavy atom. The fraction of sp³-hybridized carbons (Fsp3) is 0.571. The number of non-ortho nitro benzene ring substituents is 1. The van der Waals surface area contributed by atoms with Gasteiger partial charge in [-0.2, -0.15) is 0 Å². The Hall–Kier alpha value is -1.62. The molecule has 1 aliphatic heterocycles. The van der Waals surface area contributed by atoms with Crippen LogP contribution in [0.25, 0.3) is 0 Å². The minimum Gasteiger partial charge on any atom is -0.385 e. The van der Waals surface area contributed by atoms with E-state index in [4.69, 9.17) is 0 Å². The molecule has 1 aromatic carbocycles. The van der Waals surface area contributed by atoms with Crippen LogP contribution in [0, 0.1) is 10.1 Å². The van der Waals surface area contributed by atoms with Crippen molar-refractivity contribution >= 4 is 11.4 Å². The van der Waals surface area contributed by atoms with Gasteiger partial charge >= 0.3 is 0 Å². The first kappa shape index (κ1) is 13.8. The van der Waals surface area contributed by atoms with Gasteiger partial charge in [0.2, 0.25) is 0 Å². The van der Waals surface area contributed by atoms with Gasteiger partial charge in [0.15, 0.2) is 0 Å². The Morgan fingerprint density at radius 3 is 2.68 bits per heavy atom. The van der Waals surface area contributed by atoms with Crippen LogP contribution in [-0.4, -0.2) is 29.5 Å². The van der Waals surface area contributed by atoms with Gasteiger partial charge < -0.3 is 5.32 Å². The summed E-state index contributed by atoms with van der Waals surface area (Å²) in [7, 11) is 0. The zero-order valence-electron chi connectivity index (χ0n) is 11.4. The lowest BCUT2D eigenvalue weighted by Gasteiger charge is -2.27. The van der Waals surface area contributed by atoms with Gasteiger partial charge in [0.05, 0.1) is 4.92 Å². The molecule has 0 aromatic heterocycles. The third-order valence-corrected chi connectivity index (χ3v) is 3.51. The number of piperidine rings is 1. The van der Waals surface area contributed by atoms with Gasteiger partial charge in [-0.05, 0) is 44.5 Å². The Bertz CT molecular complexity index is 442. The quantitative estimate of drug-likeness (QED) is 0.655. The Labute approximate surface area is 113 Å². The molecule has 0 aliphatic carbocycles. The number of nitrogens with one attached hydrogen (secondary N) is 1. The first-order chi connectivity index (χ1) is 9.20. The van der Waals surface area contributed by atoms with Crippen LogP contribution in [0.5, 0.6) is 0 Å². The Morgan fingerprint density at radius 2 is 2.05 bits per heavy atom. The molecule has 0 radical (unpaired) electrons. The van der Waals surface area contributed by atoms with Gasteiger partial charge in [-0.3, -0.25) is 15.0 Å². The van der Waals surface area contributed by atoms with Crippen molar-refractivity contribution in [3.05, 3.63) is 33.9 Å². The van der Waals surface area contributed by atoms with Gasteiger partial charge in [0.25, 0.3) is 5.69 Å². The van der Waals surface area contributed by atoms with E-state index in [1.807, 2.05) is 13.0 Å². The summed E-state index contributed by atoms with van der Waals surface area (Å²) in [6.07, 6.45) is 3.75. The van der Waals surface area contributed by atoms with Crippen LogP contribution >= 0.6 is 0 Å². The van der Waals surface area contributed by atoms with Crippen LogP contribution in [0.15, 0.2) is 18.2 Å². The predicted octanol–water partition coefficient (Wildman–Crippen LogP) is 3.01. The summed E-state index contributed by atoms with van der Waals surface area (Å²) in [6.45, 7) is 5.84. The van der Waals surface area contributed by atoms with Gasteiger partial charge in [-0.1, -0.05) is 6.42 Å². The molecule has 0 saturated carbocycles. The highest BCUT2D eigenvalue weighted by Crippen LogP contribution is 2.24. The van der Waals surface area contributed by atoms with Crippen LogP contribution < -0.4 is 5.32 Å². The van der Waals surface area contributed by atoms with Crippen LogP contribution in [0.2, 0.25) is 0 Å². The molecule has 104 valence electrons. The SMILES string of the molecule is CCNc1ccc([N+](=O)[O-])cc1CN1CCCCC1. The van der Waals surface area contributed by atoms with E-state index in [1.165, 1.54) is 19.3 Å². The number of hydrogen-bond donors (Lipinski definition) is 1. The average molecular weight is 263 g/mol. The summed E-state index contributed by atoms with van der Waals surface area (Å²) < 4.78 is 0. The summed E-state index contributed by atoms with van der Waals surface area (Å²) in [5.41, 5.74) is 2.21. The topological polar surface area (TPSA) is 58.4 Å². The maximum Gasteiger partial charge on any atom is 0.269 e. The van der Waals surface area contributed by atoms with E-state index in [0.717, 1.165) is 37.4 Å². The molecular formula is C14H21N3O2. The van der Waals surface area contributed by atoms with Crippen LogP contribution in [0.3, 0.4) is 0 Å². The molecule has 1 aromatic rings. The van der Waals surface area contributed by atoms with E-state index in [0.29, 0.717) is 0 Å². The molecule has 5 nitrogen and oxygen atoms in total. The minimum absolute atomic E-state index is 0.175. The lowest BCUT2D eigenvalue weighted by molar-refractivity contribution is -0.384. The molecule has 1 saturated heterocycles. The molecule has 1 aliphatic rings. The molecule has 0 atom stereocenters. The molecule has 19 heavy (non-hydrogen) atoms. The second kappa shape index (κ2) is 6.52. The normalized spacial score (nSPS) is 16.3. The molecule has 1 N–H and O–H groups in total. The monoisotopic (exact) mass is 263 g/mol. The highest BCUT2D eigenvalue weighted by atomic mass is 16.6. The number of nitro groups is 1. The van der Waals surface area contributed by atoms with Crippen molar-refractivity contribution in [2.45, 2.75) is 32.7 Å². The molecule has 5 heteroatoms. The molecule has 0 bridgehead atoms. The van der Waals surface area contributed by atoms with Crippen molar-refractivity contribution in [1.82, 2.24) is 4.90 Å². The predicted molar refractivity (Wildman–Crippen MR) is 76.4 cm³/mol. The molecule has 0 spiro atoms. The molecule has 1 fully saturated rings. The van der Waals surface area contributed by atoms with Crippen LogP contribution in [0.4, 0.5) is 11.4 Å². The molecule has 2 rings (SSSR count). The fourth-order valence-electron chi connectivity index (χ4n) is 2.55. The van der Waals surface area contributed by atoms with Gasteiger partial charge in [0, 0.05) is 30.9 Å². The van der Waals surface area contributed by atoms with Gasteiger partial charge in [-0.25, -0.2) is 0 Å². The van der Waals surface area contributed by atoms with Crippen LogP contribution in [-0.2, 0) is 6.54 Å². The highest BCUT2D eigenvalue weighted by molar-refractivity contribution is 5.56. The molecule has 1 heterocycles. The van der Waals surface area contributed by atoms with Crippen molar-refractivity contribution in [2.75, 3.05) is 25.0 Å². The summed E-state index contributed by atoms with van der Waals surface area (Å²) in [5.74, 6) is 0. The lowest BCUT2D eigenvalue weighted by atomic mass is 10.1. The Balaban J connectivity index is 2.18. The van der Waals surface area contributed by atoms with Crippen molar-refractivity contribution in [3.8, 4) is 0 Å². The van der Waals surface area contributed by atoms with E-state index in [1.54, 1.807) is 12.1 Å². The number of nitro benzene ring substituents is 1. The van der Waals surface area contributed by atoms with E-state index in [2.05, 4.69) is 10.2 Å². The molecule has 0 unspecified atom stereocenters. The van der Waals surface area contributed by atoms with Crippen molar-refractivity contribution in [2.24, 2.45) is 0 Å². The largest absolute Gasteiger partial charge is 0.385 e. The number of hydrogen-bond acceptors (Lipinski definition) is 4. The maximum atomic E-state index is 10.9. The minimum atomic E-state index is -0.324. The highest BCUT2D eigenvalue weighted by Gasteiger charge is 2.15. The fourth-order valence-corrected chi connectivity index (χ4v) is 2.55. The number of rotatable bonds is 5. The molecular weight excluding hydrogens is 242 g/mol. The number of benzene rings is 1. The van der Waals surface area contributed by atoms with Crippen molar-refractivity contribution < 1.29 is 4.92 Å². The number of nitrogens with zero attached hydrogens (tertiary/aromatic N) is 2. The van der Waals surface area contributed by atoms with Crippen molar-refractivity contribution in [1.29, 1.82) is 0 Å². The summed E-state index contributed by atoms with van der Waals surface area (Å²) in [5, 5.41) is 14.2. The van der Waals surface area contributed by atoms with Crippen LogP contribution in [0.1, 0.15) is 31.7 Å². The zero-order chi connectivity index (χ0) is 13.7. The first-order valence-electron chi connectivity index (χ1n) is 6.94. The maximum absolute atomic E-state index is 10.9. The molecule has 0 amide bonds. The first-order valence-corrected chi connectivity index (χ1v) is 6.94. The van der Waals surface area contributed by atoms with Gasteiger partial charge in [0.1, 0.15) is 0 Å². The Kier molecular flexibility index (Phi) is 4.74. The third kappa shape index (κ3) is 3.67.